The molecule has 0 saturated heterocycles. The quantitative estimate of drug-likeness (QED) is 0.0355. The summed E-state index contributed by atoms with van der Waals surface area (Å²) in [5.41, 5.74) is 5.32. The molecule has 0 saturated carbocycles. The molecular formula is C51H78O3. The molecule has 0 N–H and O–H groups in total. The summed E-state index contributed by atoms with van der Waals surface area (Å²) in [6, 6.07) is 24.4. The van der Waals surface area contributed by atoms with Crippen molar-refractivity contribution in [2.45, 2.75) is 200 Å². The maximum atomic E-state index is 12.8. The molecule has 54 heavy (non-hydrogen) atoms. The van der Waals surface area contributed by atoms with Crippen molar-refractivity contribution in [3.05, 3.63) is 89.5 Å². The van der Waals surface area contributed by atoms with Gasteiger partial charge in [0.25, 0.3) is 0 Å². The van der Waals surface area contributed by atoms with Crippen molar-refractivity contribution in [3.8, 4) is 16.9 Å². The minimum atomic E-state index is -0.314. The van der Waals surface area contributed by atoms with Gasteiger partial charge in [0.15, 0.2) is 0 Å². The van der Waals surface area contributed by atoms with E-state index in [1.165, 1.54) is 172 Å². The van der Waals surface area contributed by atoms with E-state index in [1.807, 2.05) is 36.4 Å². The molecule has 0 amide bonds. The van der Waals surface area contributed by atoms with Crippen LogP contribution < -0.4 is 4.74 Å². The highest BCUT2D eigenvalue weighted by molar-refractivity contribution is 5.91. The van der Waals surface area contributed by atoms with Crippen LogP contribution in [0.1, 0.15) is 215 Å². The Kier molecular flexibility index (Phi) is 25.5. The van der Waals surface area contributed by atoms with Crippen LogP contribution in [-0.2, 0) is 11.2 Å². The maximum Gasteiger partial charge on any atom is 0.343 e. The molecule has 0 bridgehead atoms. The number of carbonyl (C=O) groups excluding carboxylic acids is 1. The molecule has 0 aliphatic rings. The highest BCUT2D eigenvalue weighted by Gasteiger charge is 2.10. The predicted octanol–water partition coefficient (Wildman–Crippen LogP) is 16.4. The first kappa shape index (κ1) is 45.5. The van der Waals surface area contributed by atoms with Crippen molar-refractivity contribution in [3.63, 3.8) is 0 Å². The van der Waals surface area contributed by atoms with Gasteiger partial charge in [0, 0.05) is 6.61 Å². The SMILES string of the molecule is CCCCCCCCCCCCCCCCCCOC(C)c1ccc(-c2ccc(OC(=O)c3ccc(CCCCCCCCCCCC)cc3)cc2)cc1. The topological polar surface area (TPSA) is 35.5 Å². The fraction of sp³-hybridized carbons (Fsp3) is 0.627. The van der Waals surface area contributed by atoms with E-state index in [2.05, 4.69) is 57.2 Å². The van der Waals surface area contributed by atoms with Gasteiger partial charge < -0.3 is 9.47 Å². The van der Waals surface area contributed by atoms with Gasteiger partial charge in [-0.15, -0.1) is 0 Å². The molecule has 3 rings (SSSR count). The molecule has 3 aromatic carbocycles. The van der Waals surface area contributed by atoms with Gasteiger partial charge in [0.1, 0.15) is 5.75 Å². The number of unbranched alkanes of at least 4 members (excludes halogenated alkanes) is 24. The van der Waals surface area contributed by atoms with E-state index in [9.17, 15) is 4.79 Å². The second kappa shape index (κ2) is 30.3. The van der Waals surface area contributed by atoms with Gasteiger partial charge in [-0.2, -0.15) is 0 Å². The summed E-state index contributed by atoms with van der Waals surface area (Å²) in [6.45, 7) is 7.54. The third kappa shape index (κ3) is 20.7. The first-order valence-corrected chi connectivity index (χ1v) is 22.7. The van der Waals surface area contributed by atoms with Gasteiger partial charge in [-0.25, -0.2) is 4.79 Å². The van der Waals surface area contributed by atoms with Crippen molar-refractivity contribution in [2.75, 3.05) is 6.61 Å². The molecule has 0 aliphatic heterocycles. The Hall–Kier alpha value is -2.91. The number of esters is 1. The van der Waals surface area contributed by atoms with Gasteiger partial charge in [0.2, 0.25) is 0 Å². The van der Waals surface area contributed by atoms with Crippen LogP contribution in [0.5, 0.6) is 5.75 Å². The summed E-state index contributed by atoms with van der Waals surface area (Å²) in [5.74, 6) is 0.247. The Balaban J connectivity index is 1.22. The predicted molar refractivity (Wildman–Crippen MR) is 233 cm³/mol. The maximum absolute atomic E-state index is 12.8. The fourth-order valence-corrected chi connectivity index (χ4v) is 7.46. The van der Waals surface area contributed by atoms with Crippen LogP contribution in [0.2, 0.25) is 0 Å². The summed E-state index contributed by atoms with van der Waals surface area (Å²) in [5, 5.41) is 0. The molecule has 0 spiro atoms. The van der Waals surface area contributed by atoms with Crippen LogP contribution in [-0.4, -0.2) is 12.6 Å². The monoisotopic (exact) mass is 739 g/mol. The average Bonchev–Trinajstić information content (AvgIpc) is 3.20. The first-order valence-electron chi connectivity index (χ1n) is 22.7. The summed E-state index contributed by atoms with van der Waals surface area (Å²) in [7, 11) is 0. The zero-order valence-electron chi connectivity index (χ0n) is 35.0. The Morgan fingerprint density at radius 2 is 0.852 bits per heavy atom. The number of ether oxygens (including phenoxy) is 2. The molecule has 1 atom stereocenters. The van der Waals surface area contributed by atoms with Crippen molar-refractivity contribution in [2.24, 2.45) is 0 Å². The van der Waals surface area contributed by atoms with Crippen LogP contribution in [0.25, 0.3) is 11.1 Å². The molecule has 3 heteroatoms. The smallest absolute Gasteiger partial charge is 0.343 e. The average molecular weight is 739 g/mol. The van der Waals surface area contributed by atoms with Gasteiger partial charge in [-0.05, 0) is 72.7 Å². The van der Waals surface area contributed by atoms with E-state index in [0.29, 0.717) is 11.3 Å². The highest BCUT2D eigenvalue weighted by Crippen LogP contribution is 2.26. The van der Waals surface area contributed by atoms with Gasteiger partial charge >= 0.3 is 5.97 Å². The van der Waals surface area contributed by atoms with E-state index in [-0.39, 0.29) is 12.1 Å². The zero-order valence-corrected chi connectivity index (χ0v) is 35.0. The third-order valence-electron chi connectivity index (χ3n) is 11.2. The number of rotatable bonds is 33. The Bertz CT molecular complexity index is 1310. The van der Waals surface area contributed by atoms with Crippen molar-refractivity contribution < 1.29 is 14.3 Å². The van der Waals surface area contributed by atoms with Crippen LogP contribution in [0, 0.1) is 0 Å². The number of hydrogen-bond donors (Lipinski definition) is 0. The lowest BCUT2D eigenvalue weighted by Gasteiger charge is -2.14. The largest absolute Gasteiger partial charge is 0.423 e. The van der Waals surface area contributed by atoms with Crippen LogP contribution in [0.15, 0.2) is 72.8 Å². The zero-order chi connectivity index (χ0) is 38.3. The Morgan fingerprint density at radius 1 is 0.463 bits per heavy atom. The summed E-state index contributed by atoms with van der Waals surface area (Å²) in [6.07, 6.45) is 36.8. The lowest BCUT2D eigenvalue weighted by atomic mass is 10.0. The standard InChI is InChI=1S/C51H78O3/c1-4-6-8-10-12-14-16-17-18-19-20-21-23-25-27-29-43-53-44(3)46-35-37-47(38-36-46)48-39-41-50(42-40-48)54-51(52)49-33-31-45(32-34-49)30-28-26-24-22-15-13-11-9-7-5-2/h31-42,44H,4-30,43H2,1-3H3. The molecule has 0 aliphatic carbocycles. The fourth-order valence-electron chi connectivity index (χ4n) is 7.46. The van der Waals surface area contributed by atoms with E-state index in [0.717, 1.165) is 30.6 Å². The Labute approximate surface area is 332 Å². The van der Waals surface area contributed by atoms with Gasteiger partial charge in [0.05, 0.1) is 11.7 Å². The van der Waals surface area contributed by atoms with Crippen molar-refractivity contribution >= 4 is 5.97 Å². The summed E-state index contributed by atoms with van der Waals surface area (Å²) < 4.78 is 11.9. The summed E-state index contributed by atoms with van der Waals surface area (Å²) in [4.78, 5) is 12.8. The molecular weight excluding hydrogens is 661 g/mol. The van der Waals surface area contributed by atoms with Gasteiger partial charge in [-0.3, -0.25) is 0 Å². The van der Waals surface area contributed by atoms with Crippen LogP contribution in [0.4, 0.5) is 0 Å². The lowest BCUT2D eigenvalue weighted by Crippen LogP contribution is -2.08. The van der Waals surface area contributed by atoms with Crippen molar-refractivity contribution in [1.82, 2.24) is 0 Å². The Morgan fingerprint density at radius 3 is 1.30 bits per heavy atom. The molecule has 3 aromatic rings. The summed E-state index contributed by atoms with van der Waals surface area (Å²) >= 11 is 0. The molecule has 3 nitrogen and oxygen atoms in total. The number of aryl methyl sites for hydroxylation is 1. The third-order valence-corrected chi connectivity index (χ3v) is 11.2. The van der Waals surface area contributed by atoms with Crippen LogP contribution >= 0.6 is 0 Å². The first-order chi connectivity index (χ1) is 26.6. The van der Waals surface area contributed by atoms with Crippen molar-refractivity contribution in [1.29, 1.82) is 0 Å². The second-order valence-electron chi connectivity index (χ2n) is 16.0. The molecule has 1 unspecified atom stereocenters. The number of carbonyl (C=O) groups is 1. The molecule has 0 fully saturated rings. The molecule has 300 valence electrons. The number of benzene rings is 3. The van der Waals surface area contributed by atoms with Crippen LogP contribution in [0.3, 0.4) is 0 Å². The highest BCUT2D eigenvalue weighted by atomic mass is 16.5. The van der Waals surface area contributed by atoms with E-state index in [1.54, 1.807) is 0 Å². The molecule has 0 radical (unpaired) electrons. The minimum Gasteiger partial charge on any atom is -0.423 e. The number of hydrogen-bond acceptors (Lipinski definition) is 3. The van der Waals surface area contributed by atoms with E-state index >= 15 is 0 Å². The second-order valence-corrected chi connectivity index (χ2v) is 16.0. The molecule has 0 heterocycles. The lowest BCUT2D eigenvalue weighted by molar-refractivity contribution is 0.0627. The minimum absolute atomic E-state index is 0.0889. The van der Waals surface area contributed by atoms with E-state index < -0.39 is 0 Å². The van der Waals surface area contributed by atoms with Gasteiger partial charge in [-0.1, -0.05) is 216 Å². The normalized spacial score (nSPS) is 11.9. The molecule has 0 aromatic heterocycles. The van der Waals surface area contributed by atoms with E-state index in [4.69, 9.17) is 9.47 Å².